The molecular formula is C27H26F3N3O. The molecule has 5 rings (SSSR count). The largest absolute Gasteiger partial charge is 0.416 e. The van der Waals surface area contributed by atoms with Crippen molar-refractivity contribution in [2.24, 2.45) is 5.92 Å². The van der Waals surface area contributed by atoms with Gasteiger partial charge in [-0.1, -0.05) is 48.5 Å². The van der Waals surface area contributed by atoms with E-state index in [1.807, 2.05) is 24.3 Å². The van der Waals surface area contributed by atoms with Crippen LogP contribution < -0.4 is 0 Å². The minimum absolute atomic E-state index is 0.288. The van der Waals surface area contributed by atoms with Crippen LogP contribution in [-0.2, 0) is 12.7 Å². The molecule has 34 heavy (non-hydrogen) atoms. The van der Waals surface area contributed by atoms with Crippen LogP contribution in [0.2, 0.25) is 0 Å². The van der Waals surface area contributed by atoms with Gasteiger partial charge < -0.3 is 10.1 Å². The minimum Gasteiger partial charge on any atom is -0.396 e. The van der Waals surface area contributed by atoms with E-state index in [1.54, 1.807) is 0 Å². The predicted octanol–water partition coefficient (Wildman–Crippen LogP) is 6.12. The van der Waals surface area contributed by atoms with Crippen molar-refractivity contribution >= 4 is 11.0 Å². The number of nitrogens with one attached hydrogen (secondary N) is 1. The average Bonchev–Trinajstić information content (AvgIpc) is 3.28. The number of hydrogen-bond acceptors (Lipinski definition) is 3. The second kappa shape index (κ2) is 9.24. The van der Waals surface area contributed by atoms with Gasteiger partial charge in [0.25, 0.3) is 0 Å². The molecule has 176 valence electrons. The van der Waals surface area contributed by atoms with Crippen LogP contribution >= 0.6 is 0 Å². The summed E-state index contributed by atoms with van der Waals surface area (Å²) >= 11 is 0. The van der Waals surface area contributed by atoms with Crippen LogP contribution in [0.5, 0.6) is 0 Å². The fraction of sp³-hybridized carbons (Fsp3) is 0.296. The number of aliphatic hydroxyl groups is 1. The van der Waals surface area contributed by atoms with Crippen LogP contribution in [0.25, 0.3) is 33.5 Å². The first-order chi connectivity index (χ1) is 16.4. The molecule has 0 saturated carbocycles. The number of likely N-dealkylation sites (tertiary alicyclic amines) is 1. The monoisotopic (exact) mass is 465 g/mol. The van der Waals surface area contributed by atoms with Gasteiger partial charge in [0.15, 0.2) is 0 Å². The number of rotatable bonds is 5. The quantitative estimate of drug-likeness (QED) is 0.373. The Balaban J connectivity index is 1.28. The maximum atomic E-state index is 13.0. The van der Waals surface area contributed by atoms with Crippen molar-refractivity contribution in [2.45, 2.75) is 25.6 Å². The first-order valence-corrected chi connectivity index (χ1v) is 11.5. The van der Waals surface area contributed by atoms with E-state index in [9.17, 15) is 18.3 Å². The Morgan fingerprint density at radius 2 is 1.50 bits per heavy atom. The fourth-order valence-electron chi connectivity index (χ4n) is 4.53. The molecule has 0 unspecified atom stereocenters. The lowest BCUT2D eigenvalue weighted by atomic mass is 9.97. The van der Waals surface area contributed by atoms with Crippen LogP contribution in [-0.4, -0.2) is 39.7 Å². The summed E-state index contributed by atoms with van der Waals surface area (Å²) in [7, 11) is 0. The van der Waals surface area contributed by atoms with Gasteiger partial charge in [-0.05, 0) is 66.7 Å². The molecule has 1 aliphatic rings. The second-order valence-electron chi connectivity index (χ2n) is 8.99. The molecule has 4 aromatic rings. The normalized spacial score (nSPS) is 15.8. The lowest BCUT2D eigenvalue weighted by molar-refractivity contribution is -0.137. The Bertz CT molecular complexity index is 1260. The number of aromatic nitrogens is 2. The molecule has 1 aliphatic heterocycles. The van der Waals surface area contributed by atoms with Crippen molar-refractivity contribution in [1.29, 1.82) is 0 Å². The van der Waals surface area contributed by atoms with Crippen molar-refractivity contribution in [3.8, 4) is 22.5 Å². The van der Waals surface area contributed by atoms with Gasteiger partial charge in [0.05, 0.1) is 16.6 Å². The van der Waals surface area contributed by atoms with Gasteiger partial charge in [0.2, 0.25) is 0 Å². The number of fused-ring (bicyclic) bond motifs is 1. The highest BCUT2D eigenvalue weighted by Gasteiger charge is 2.30. The number of benzene rings is 3. The summed E-state index contributed by atoms with van der Waals surface area (Å²) in [5.74, 6) is 0.986. The zero-order valence-corrected chi connectivity index (χ0v) is 18.6. The number of aromatic amines is 1. The summed E-state index contributed by atoms with van der Waals surface area (Å²) in [6, 6.07) is 19.9. The third kappa shape index (κ3) is 4.86. The Kier molecular flexibility index (Phi) is 6.15. The van der Waals surface area contributed by atoms with E-state index in [1.165, 1.54) is 11.6 Å². The van der Waals surface area contributed by atoms with Crippen LogP contribution in [0.3, 0.4) is 0 Å². The lowest BCUT2D eigenvalue weighted by Crippen LogP contribution is -2.34. The molecular weight excluding hydrogens is 439 g/mol. The molecule has 4 nitrogen and oxygen atoms in total. The number of H-pyrrole nitrogens is 1. The summed E-state index contributed by atoms with van der Waals surface area (Å²) in [6.07, 6.45) is -2.28. The molecule has 1 aromatic heterocycles. The van der Waals surface area contributed by atoms with E-state index >= 15 is 0 Å². The highest BCUT2D eigenvalue weighted by molar-refractivity contribution is 5.80. The third-order valence-corrected chi connectivity index (χ3v) is 6.63. The Hall–Kier alpha value is -3.16. The summed E-state index contributed by atoms with van der Waals surface area (Å²) in [6.45, 7) is 3.25. The smallest absolute Gasteiger partial charge is 0.396 e. The van der Waals surface area contributed by atoms with Gasteiger partial charge in [-0.15, -0.1) is 0 Å². The molecule has 1 saturated heterocycles. The Labute approximate surface area is 196 Å². The first-order valence-electron chi connectivity index (χ1n) is 11.5. The Morgan fingerprint density at radius 3 is 2.12 bits per heavy atom. The van der Waals surface area contributed by atoms with E-state index in [4.69, 9.17) is 0 Å². The molecule has 2 N–H and O–H groups in total. The molecule has 0 spiro atoms. The van der Waals surface area contributed by atoms with Crippen molar-refractivity contribution in [1.82, 2.24) is 14.9 Å². The van der Waals surface area contributed by atoms with Crippen LogP contribution in [0.1, 0.15) is 24.0 Å². The standard InChI is InChI=1S/C27H26F3N3O/c28-27(29,30)23-9-10-24-25(15-23)32-26(31-24)22-7-5-21(6-8-22)20-3-1-18(2-4-20)16-33-13-11-19(17-34)12-14-33/h1-10,15,19,34H,11-14,16-17H2,(H,31,32). The van der Waals surface area contributed by atoms with Crippen molar-refractivity contribution in [3.63, 3.8) is 0 Å². The topological polar surface area (TPSA) is 52.1 Å². The minimum atomic E-state index is -4.38. The average molecular weight is 466 g/mol. The zero-order valence-electron chi connectivity index (χ0n) is 18.6. The van der Waals surface area contributed by atoms with Crippen molar-refractivity contribution < 1.29 is 18.3 Å². The van der Waals surface area contributed by atoms with Gasteiger partial charge in [0, 0.05) is 18.7 Å². The number of imidazole rings is 1. The van der Waals surface area contributed by atoms with Gasteiger partial charge in [-0.25, -0.2) is 4.98 Å². The molecule has 2 heterocycles. The molecule has 0 aliphatic carbocycles. The molecule has 7 heteroatoms. The van der Waals surface area contributed by atoms with E-state index in [-0.39, 0.29) is 6.61 Å². The number of aliphatic hydroxyl groups excluding tert-OH is 1. The zero-order chi connectivity index (χ0) is 23.7. The van der Waals surface area contributed by atoms with Crippen LogP contribution in [0, 0.1) is 5.92 Å². The number of nitrogens with zero attached hydrogens (tertiary/aromatic N) is 2. The van der Waals surface area contributed by atoms with Gasteiger partial charge in [-0.2, -0.15) is 13.2 Å². The summed E-state index contributed by atoms with van der Waals surface area (Å²) in [5.41, 5.74) is 4.43. The first kappa shape index (κ1) is 22.6. The summed E-state index contributed by atoms with van der Waals surface area (Å²) < 4.78 is 38.9. The molecule has 0 amide bonds. The second-order valence-corrected chi connectivity index (χ2v) is 8.99. The predicted molar refractivity (Wildman–Crippen MR) is 127 cm³/mol. The van der Waals surface area contributed by atoms with Gasteiger partial charge >= 0.3 is 6.18 Å². The van der Waals surface area contributed by atoms with E-state index in [0.717, 1.165) is 61.3 Å². The molecule has 0 radical (unpaired) electrons. The molecule has 0 bridgehead atoms. The maximum absolute atomic E-state index is 13.0. The SMILES string of the molecule is OCC1CCN(Cc2ccc(-c3ccc(-c4nc5ccc(C(F)(F)F)cc5[nH]4)cc3)cc2)CC1. The third-order valence-electron chi connectivity index (χ3n) is 6.63. The highest BCUT2D eigenvalue weighted by Crippen LogP contribution is 2.32. The van der Waals surface area contributed by atoms with Crippen molar-refractivity contribution in [3.05, 3.63) is 77.9 Å². The highest BCUT2D eigenvalue weighted by atomic mass is 19.4. The van der Waals surface area contributed by atoms with E-state index in [0.29, 0.717) is 22.8 Å². The molecule has 1 fully saturated rings. The van der Waals surface area contributed by atoms with Gasteiger partial charge in [0.1, 0.15) is 5.82 Å². The number of hydrogen-bond donors (Lipinski definition) is 2. The number of alkyl halides is 3. The Morgan fingerprint density at radius 1 is 0.882 bits per heavy atom. The fourth-order valence-corrected chi connectivity index (χ4v) is 4.53. The summed E-state index contributed by atoms with van der Waals surface area (Å²) in [5, 5.41) is 9.30. The lowest BCUT2D eigenvalue weighted by Gasteiger charge is -2.31. The van der Waals surface area contributed by atoms with Crippen LogP contribution in [0.15, 0.2) is 66.7 Å². The van der Waals surface area contributed by atoms with E-state index < -0.39 is 11.7 Å². The maximum Gasteiger partial charge on any atom is 0.416 e. The van der Waals surface area contributed by atoms with Crippen LogP contribution in [0.4, 0.5) is 13.2 Å². The van der Waals surface area contributed by atoms with E-state index in [2.05, 4.69) is 39.1 Å². The summed E-state index contributed by atoms with van der Waals surface area (Å²) in [4.78, 5) is 9.88. The molecule has 3 aromatic carbocycles. The van der Waals surface area contributed by atoms with Gasteiger partial charge in [-0.3, -0.25) is 4.90 Å². The number of piperidine rings is 1. The van der Waals surface area contributed by atoms with Crippen molar-refractivity contribution in [2.75, 3.05) is 19.7 Å². The number of halogens is 3. The molecule has 0 atom stereocenters.